The van der Waals surface area contributed by atoms with Crippen molar-refractivity contribution < 1.29 is 0 Å². The van der Waals surface area contributed by atoms with Gasteiger partial charge in [-0.2, -0.15) is 0 Å². The van der Waals surface area contributed by atoms with Gasteiger partial charge in [0, 0.05) is 23.2 Å². The van der Waals surface area contributed by atoms with Crippen LogP contribution in [0.5, 0.6) is 0 Å². The lowest BCUT2D eigenvalue weighted by molar-refractivity contribution is 0.544. The summed E-state index contributed by atoms with van der Waals surface area (Å²) in [4.78, 5) is 1.01. The normalized spacial score (nSPS) is 17.1. The predicted octanol–water partition coefficient (Wildman–Crippen LogP) is 3.06. The fourth-order valence-electron chi connectivity index (χ4n) is 1.11. The quantitative estimate of drug-likeness (QED) is 0.843. The van der Waals surface area contributed by atoms with Crippen LogP contribution in [0.25, 0.3) is 0 Å². The van der Waals surface area contributed by atoms with E-state index in [1.165, 1.54) is 0 Å². The molecule has 0 radical (unpaired) electrons. The fraction of sp³-hybridized carbons (Fsp3) is 0.333. The van der Waals surface area contributed by atoms with Crippen molar-refractivity contribution in [2.75, 3.05) is 13.1 Å². The molecule has 0 saturated carbocycles. The van der Waals surface area contributed by atoms with Gasteiger partial charge in [0.25, 0.3) is 0 Å². The van der Waals surface area contributed by atoms with E-state index >= 15 is 0 Å². The van der Waals surface area contributed by atoms with E-state index in [4.69, 9.17) is 23.2 Å². The van der Waals surface area contributed by atoms with Gasteiger partial charge in [-0.1, -0.05) is 29.3 Å². The molecule has 1 nitrogen and oxygen atoms in total. The summed E-state index contributed by atoms with van der Waals surface area (Å²) in [6.07, 6.45) is 0. The van der Waals surface area contributed by atoms with Gasteiger partial charge in [-0.3, -0.25) is 0 Å². The highest BCUT2D eigenvalue weighted by Gasteiger charge is 2.20. The van der Waals surface area contributed by atoms with Crippen molar-refractivity contribution in [3.63, 3.8) is 0 Å². The number of nitrogens with one attached hydrogen (secondary N) is 1. The van der Waals surface area contributed by atoms with Crippen molar-refractivity contribution in [1.82, 2.24) is 5.32 Å². The third-order valence-corrected chi connectivity index (χ3v) is 4.14. The Hall–Kier alpha value is 0.110. The minimum absolute atomic E-state index is 0.623. The molecule has 0 amide bonds. The Morgan fingerprint density at radius 3 is 2.31 bits per heavy atom. The van der Waals surface area contributed by atoms with Gasteiger partial charge in [-0.25, -0.2) is 0 Å². The second-order valence-corrected chi connectivity index (χ2v) is 5.07. The first-order valence-electron chi connectivity index (χ1n) is 4.09. The van der Waals surface area contributed by atoms with E-state index in [1.54, 1.807) is 11.8 Å². The Bertz CT molecular complexity index is 292. The first-order valence-corrected chi connectivity index (χ1v) is 5.72. The van der Waals surface area contributed by atoms with Crippen molar-refractivity contribution in [3.05, 3.63) is 28.2 Å². The highest BCUT2D eigenvalue weighted by atomic mass is 35.5. The topological polar surface area (TPSA) is 12.0 Å². The highest BCUT2D eigenvalue weighted by molar-refractivity contribution is 8.00. The number of halogens is 2. The van der Waals surface area contributed by atoms with E-state index in [1.807, 2.05) is 18.2 Å². The van der Waals surface area contributed by atoms with Gasteiger partial charge in [-0.05, 0) is 12.1 Å². The summed E-state index contributed by atoms with van der Waals surface area (Å²) in [6, 6.07) is 5.62. The molecule has 0 aromatic heterocycles. The monoisotopic (exact) mass is 233 g/mol. The molecule has 1 saturated heterocycles. The van der Waals surface area contributed by atoms with E-state index in [-0.39, 0.29) is 0 Å². The van der Waals surface area contributed by atoms with Crippen LogP contribution in [0.3, 0.4) is 0 Å². The number of hydrogen-bond donors (Lipinski definition) is 1. The van der Waals surface area contributed by atoms with Gasteiger partial charge < -0.3 is 5.32 Å². The second kappa shape index (κ2) is 4.09. The first kappa shape index (κ1) is 9.66. The summed E-state index contributed by atoms with van der Waals surface area (Å²) < 4.78 is 0. The smallest absolute Gasteiger partial charge is 0.0557 e. The lowest BCUT2D eigenvalue weighted by Gasteiger charge is -2.26. The molecule has 0 spiro atoms. The van der Waals surface area contributed by atoms with Crippen molar-refractivity contribution in [2.45, 2.75) is 10.1 Å². The van der Waals surface area contributed by atoms with Crippen LogP contribution >= 0.6 is 35.0 Å². The molecule has 4 heteroatoms. The zero-order valence-electron chi connectivity index (χ0n) is 6.89. The Labute approximate surface area is 91.8 Å². The van der Waals surface area contributed by atoms with E-state index in [9.17, 15) is 0 Å². The summed E-state index contributed by atoms with van der Waals surface area (Å²) in [5, 5.41) is 5.34. The van der Waals surface area contributed by atoms with E-state index in [0.717, 1.165) is 28.0 Å². The molecule has 13 heavy (non-hydrogen) atoms. The molecule has 2 rings (SSSR count). The lowest BCUT2D eigenvalue weighted by Crippen LogP contribution is -2.44. The van der Waals surface area contributed by atoms with Crippen LogP contribution in [0.15, 0.2) is 23.1 Å². The van der Waals surface area contributed by atoms with Gasteiger partial charge >= 0.3 is 0 Å². The summed E-state index contributed by atoms with van der Waals surface area (Å²) in [5.74, 6) is 0. The average molecular weight is 234 g/mol. The average Bonchev–Trinajstić information content (AvgIpc) is 2.00. The van der Waals surface area contributed by atoms with Crippen LogP contribution in [-0.4, -0.2) is 18.3 Å². The van der Waals surface area contributed by atoms with Crippen LogP contribution in [0.1, 0.15) is 0 Å². The maximum absolute atomic E-state index is 6.03. The number of rotatable bonds is 2. The maximum Gasteiger partial charge on any atom is 0.0557 e. The molecule has 0 unspecified atom stereocenters. The summed E-state index contributed by atoms with van der Waals surface area (Å²) in [6.45, 7) is 2.10. The van der Waals surface area contributed by atoms with Crippen LogP contribution in [0.2, 0.25) is 10.0 Å². The van der Waals surface area contributed by atoms with Gasteiger partial charge in [0.2, 0.25) is 0 Å². The molecule has 1 heterocycles. The van der Waals surface area contributed by atoms with E-state index in [2.05, 4.69) is 5.32 Å². The summed E-state index contributed by atoms with van der Waals surface area (Å²) in [7, 11) is 0. The standard InChI is InChI=1S/C9H9Cl2NS/c10-7-2-1-3-8(11)9(7)13-6-4-12-5-6/h1-3,6,12H,4-5H2. The molecule has 1 N–H and O–H groups in total. The van der Waals surface area contributed by atoms with Gasteiger partial charge in [0.05, 0.1) is 10.0 Å². The molecule has 1 aromatic carbocycles. The molecule has 1 aliphatic heterocycles. The number of benzene rings is 1. The minimum atomic E-state index is 0.623. The largest absolute Gasteiger partial charge is 0.314 e. The van der Waals surface area contributed by atoms with Crippen molar-refractivity contribution in [1.29, 1.82) is 0 Å². The highest BCUT2D eigenvalue weighted by Crippen LogP contribution is 2.37. The molecular formula is C9H9Cl2NS. The Kier molecular flexibility index (Phi) is 3.04. The van der Waals surface area contributed by atoms with Crippen LogP contribution < -0.4 is 5.32 Å². The Morgan fingerprint density at radius 2 is 1.85 bits per heavy atom. The Balaban J connectivity index is 2.17. The molecule has 0 bridgehead atoms. The maximum atomic E-state index is 6.03. The Morgan fingerprint density at radius 1 is 1.23 bits per heavy atom. The van der Waals surface area contributed by atoms with Crippen LogP contribution in [0.4, 0.5) is 0 Å². The number of thioether (sulfide) groups is 1. The van der Waals surface area contributed by atoms with E-state index in [0.29, 0.717) is 5.25 Å². The van der Waals surface area contributed by atoms with Crippen LogP contribution in [-0.2, 0) is 0 Å². The predicted molar refractivity (Wildman–Crippen MR) is 59.0 cm³/mol. The van der Waals surface area contributed by atoms with Crippen molar-refractivity contribution in [3.8, 4) is 0 Å². The third-order valence-electron chi connectivity index (χ3n) is 1.95. The molecule has 1 aliphatic rings. The molecule has 0 atom stereocenters. The van der Waals surface area contributed by atoms with Crippen LogP contribution in [0, 0.1) is 0 Å². The van der Waals surface area contributed by atoms with Gasteiger partial charge in [-0.15, -0.1) is 11.8 Å². The third kappa shape index (κ3) is 2.13. The minimum Gasteiger partial charge on any atom is -0.314 e. The zero-order chi connectivity index (χ0) is 9.26. The number of hydrogen-bond acceptors (Lipinski definition) is 2. The molecule has 70 valence electrons. The zero-order valence-corrected chi connectivity index (χ0v) is 9.22. The summed E-state index contributed by atoms with van der Waals surface area (Å²) in [5.41, 5.74) is 0. The molecular weight excluding hydrogens is 225 g/mol. The van der Waals surface area contributed by atoms with Gasteiger partial charge in [0.15, 0.2) is 0 Å². The summed E-state index contributed by atoms with van der Waals surface area (Å²) >= 11 is 13.8. The molecule has 0 aliphatic carbocycles. The van der Waals surface area contributed by atoms with Crippen molar-refractivity contribution in [2.24, 2.45) is 0 Å². The SMILES string of the molecule is Clc1cccc(Cl)c1SC1CNC1. The fourth-order valence-corrected chi connectivity index (χ4v) is 2.87. The first-order chi connectivity index (χ1) is 6.27. The molecule has 1 fully saturated rings. The lowest BCUT2D eigenvalue weighted by atomic mass is 10.3. The van der Waals surface area contributed by atoms with E-state index < -0.39 is 0 Å². The molecule has 1 aromatic rings. The van der Waals surface area contributed by atoms with Gasteiger partial charge in [0.1, 0.15) is 0 Å². The van der Waals surface area contributed by atoms with Crippen molar-refractivity contribution >= 4 is 35.0 Å². The second-order valence-electron chi connectivity index (χ2n) is 2.95.